The van der Waals surface area contributed by atoms with E-state index in [-0.39, 0.29) is 36.0 Å². The summed E-state index contributed by atoms with van der Waals surface area (Å²) in [6.07, 6.45) is 0.0782. The Morgan fingerprint density at radius 3 is 1.67 bits per heavy atom. The Balaban J connectivity index is 0.00000261. The molecule has 0 N–H and O–H groups in total. The van der Waals surface area contributed by atoms with Crippen LogP contribution in [0.3, 0.4) is 0 Å². The topological polar surface area (TPSA) is 44.8 Å². The maximum Gasteiger partial charge on any atom is 0.359 e. The minimum Gasteiger partial charge on any atom is -0.457 e. The summed E-state index contributed by atoms with van der Waals surface area (Å²) in [6.45, 7) is 0. The van der Waals surface area contributed by atoms with Gasteiger partial charge in [0.2, 0.25) is 0 Å². The zero-order valence-corrected chi connectivity index (χ0v) is 18.0. The molecule has 0 heterocycles. The first-order valence-electron chi connectivity index (χ1n) is 7.74. The predicted octanol–water partition coefficient (Wildman–Crippen LogP) is 5.48. The first-order chi connectivity index (χ1) is 12.6. The number of carbonyl (C=O) groups excluding carboxylic acids is 1. The second-order valence-corrected chi connectivity index (χ2v) is 6.24. The summed E-state index contributed by atoms with van der Waals surface area (Å²) in [7, 11) is 0. The van der Waals surface area contributed by atoms with Gasteiger partial charge in [-0.1, -0.05) is 35.3 Å². The van der Waals surface area contributed by atoms with E-state index >= 15 is 0 Å². The molecule has 0 spiro atoms. The van der Waals surface area contributed by atoms with Crippen molar-refractivity contribution in [3.05, 3.63) is 88.4 Å². The summed E-state index contributed by atoms with van der Waals surface area (Å²) in [5.74, 6) is 1.22. The fraction of sp³-hybridized carbons (Fsp3) is 0.0500. The van der Waals surface area contributed by atoms with E-state index in [1.165, 1.54) is 0 Å². The Bertz CT molecular complexity index is 866. The molecule has 0 aliphatic heterocycles. The smallest absolute Gasteiger partial charge is 0.359 e. The van der Waals surface area contributed by atoms with Crippen LogP contribution in [0.1, 0.15) is 5.56 Å². The number of hydrogen-bond donors (Lipinski definition) is 0. The molecule has 0 aliphatic carbocycles. The van der Waals surface area contributed by atoms with E-state index in [2.05, 4.69) is 0 Å². The van der Waals surface area contributed by atoms with E-state index in [9.17, 15) is 4.79 Å². The van der Waals surface area contributed by atoms with Gasteiger partial charge in [-0.2, -0.15) is 0 Å². The Morgan fingerprint density at radius 1 is 0.704 bits per heavy atom. The Labute approximate surface area is 189 Å². The largest absolute Gasteiger partial charge is 0.457 e. The van der Waals surface area contributed by atoms with Gasteiger partial charge in [-0.05, 0) is 66.2 Å². The van der Waals surface area contributed by atoms with Gasteiger partial charge in [0.25, 0.3) is 0 Å². The Hall–Kier alpha value is -1.69. The van der Waals surface area contributed by atoms with Crippen LogP contribution in [0.5, 0.6) is 17.2 Å². The predicted molar refractivity (Wildman–Crippen MR) is 106 cm³/mol. The Kier molecular flexibility index (Phi) is 8.48. The van der Waals surface area contributed by atoms with E-state index < -0.39 is 5.97 Å². The molecular weight excluding hydrogens is 398 g/mol. The summed E-state index contributed by atoms with van der Waals surface area (Å²) in [5, 5.41) is 1.22. The first-order valence-corrected chi connectivity index (χ1v) is 8.49. The minimum absolute atomic E-state index is 0. The van der Waals surface area contributed by atoms with Gasteiger partial charge in [0.15, 0.2) is 5.75 Å². The number of halogens is 2. The van der Waals surface area contributed by atoms with Gasteiger partial charge in [0.1, 0.15) is 11.5 Å². The molecule has 0 saturated heterocycles. The summed E-state index contributed by atoms with van der Waals surface area (Å²) < 4.78 is 5.70. The SMILES string of the molecule is O=C(Cc1ccc(Oc2ccc(Cl)cc2)cc1)OOc1ccc(Cl)cc1.[Na]. The molecule has 0 amide bonds. The van der Waals surface area contributed by atoms with Gasteiger partial charge >= 0.3 is 5.97 Å². The third-order valence-corrected chi connectivity index (χ3v) is 3.87. The molecule has 0 saturated carbocycles. The molecule has 0 bridgehead atoms. The van der Waals surface area contributed by atoms with E-state index in [4.69, 9.17) is 37.7 Å². The van der Waals surface area contributed by atoms with E-state index in [1.54, 1.807) is 72.8 Å². The molecule has 3 aromatic carbocycles. The standard InChI is InChI=1S/C20H14Cl2O4.Na/c21-15-3-9-18(10-4-15)24-17-7-1-14(2-8-17)13-20(23)26-25-19-11-5-16(22)6-12-19;/h1-12H,13H2;. The van der Waals surface area contributed by atoms with Crippen LogP contribution in [-0.4, -0.2) is 35.5 Å². The summed E-state index contributed by atoms with van der Waals surface area (Å²) in [4.78, 5) is 21.6. The van der Waals surface area contributed by atoms with E-state index in [0.717, 1.165) is 5.56 Å². The zero-order valence-electron chi connectivity index (χ0n) is 14.5. The van der Waals surface area contributed by atoms with Crippen molar-refractivity contribution in [2.45, 2.75) is 6.42 Å². The van der Waals surface area contributed by atoms with Crippen LogP contribution >= 0.6 is 23.2 Å². The number of ether oxygens (including phenoxy) is 1. The minimum atomic E-state index is -0.508. The maximum absolute atomic E-state index is 11.8. The van der Waals surface area contributed by atoms with Crippen molar-refractivity contribution in [2.24, 2.45) is 0 Å². The molecule has 3 rings (SSSR count). The number of rotatable bonds is 6. The van der Waals surface area contributed by atoms with Gasteiger partial charge in [-0.25, -0.2) is 4.79 Å². The van der Waals surface area contributed by atoms with Crippen molar-refractivity contribution in [2.75, 3.05) is 0 Å². The number of benzene rings is 3. The molecule has 7 heteroatoms. The van der Waals surface area contributed by atoms with Crippen molar-refractivity contribution in [3.8, 4) is 17.2 Å². The number of carbonyl (C=O) groups is 1. The van der Waals surface area contributed by atoms with Crippen LogP contribution in [0, 0.1) is 0 Å². The quantitative estimate of drug-likeness (QED) is 0.305. The zero-order chi connectivity index (χ0) is 18.4. The number of hydrogen-bond acceptors (Lipinski definition) is 4. The fourth-order valence-corrected chi connectivity index (χ4v) is 2.35. The van der Waals surface area contributed by atoms with Crippen molar-refractivity contribution in [1.29, 1.82) is 0 Å². The third-order valence-electron chi connectivity index (χ3n) is 3.37. The molecule has 133 valence electrons. The third kappa shape index (κ3) is 7.09. The normalized spacial score (nSPS) is 9.85. The van der Waals surface area contributed by atoms with E-state index in [0.29, 0.717) is 27.3 Å². The molecule has 0 aromatic heterocycles. The monoisotopic (exact) mass is 411 g/mol. The van der Waals surface area contributed by atoms with Crippen molar-refractivity contribution in [3.63, 3.8) is 0 Å². The van der Waals surface area contributed by atoms with Gasteiger partial charge in [0, 0.05) is 39.6 Å². The molecule has 3 aromatic rings. The Morgan fingerprint density at radius 2 is 1.15 bits per heavy atom. The molecule has 1 radical (unpaired) electrons. The second kappa shape index (κ2) is 10.6. The molecule has 27 heavy (non-hydrogen) atoms. The van der Waals surface area contributed by atoms with Crippen LogP contribution < -0.4 is 9.62 Å². The van der Waals surface area contributed by atoms with Crippen molar-refractivity contribution in [1.82, 2.24) is 0 Å². The van der Waals surface area contributed by atoms with Crippen LogP contribution in [-0.2, 0) is 16.1 Å². The molecule has 0 aliphatic rings. The molecule has 0 fully saturated rings. The van der Waals surface area contributed by atoms with Crippen LogP contribution in [0.2, 0.25) is 10.0 Å². The average molecular weight is 412 g/mol. The van der Waals surface area contributed by atoms with Gasteiger partial charge < -0.3 is 4.74 Å². The second-order valence-electron chi connectivity index (χ2n) is 5.37. The van der Waals surface area contributed by atoms with E-state index in [1.807, 2.05) is 0 Å². The fourth-order valence-electron chi connectivity index (χ4n) is 2.09. The van der Waals surface area contributed by atoms with Crippen LogP contribution in [0.25, 0.3) is 0 Å². The van der Waals surface area contributed by atoms with Gasteiger partial charge in [-0.3, -0.25) is 9.78 Å². The molecular formula is C20H14Cl2NaO4. The molecule has 4 nitrogen and oxygen atoms in total. The van der Waals surface area contributed by atoms with Crippen LogP contribution in [0.15, 0.2) is 72.8 Å². The molecule has 0 unspecified atom stereocenters. The summed E-state index contributed by atoms with van der Waals surface area (Å²) >= 11 is 11.6. The van der Waals surface area contributed by atoms with Crippen molar-refractivity contribution < 1.29 is 19.3 Å². The average Bonchev–Trinajstić information content (AvgIpc) is 2.65. The van der Waals surface area contributed by atoms with Crippen LogP contribution in [0.4, 0.5) is 0 Å². The molecule has 0 atom stereocenters. The van der Waals surface area contributed by atoms with Crippen molar-refractivity contribution >= 4 is 58.7 Å². The summed E-state index contributed by atoms with van der Waals surface area (Å²) in [5.41, 5.74) is 0.776. The first kappa shape index (κ1) is 21.6. The van der Waals surface area contributed by atoms with Gasteiger partial charge in [-0.15, -0.1) is 0 Å². The summed E-state index contributed by atoms with van der Waals surface area (Å²) in [6, 6.07) is 20.7. The van der Waals surface area contributed by atoms with Gasteiger partial charge in [0.05, 0.1) is 6.42 Å². The maximum atomic E-state index is 11.8.